The van der Waals surface area contributed by atoms with E-state index in [1.54, 1.807) is 11.8 Å². The topological polar surface area (TPSA) is 99.4 Å². The Hall–Kier alpha value is -2.76. The number of carboxylic acids is 1. The number of hydrogen-bond acceptors (Lipinski definition) is 3. The summed E-state index contributed by atoms with van der Waals surface area (Å²) in [6, 6.07) is 7.40. The van der Waals surface area contributed by atoms with E-state index in [9.17, 15) is 9.59 Å². The van der Waals surface area contributed by atoms with Crippen molar-refractivity contribution in [1.29, 1.82) is 0 Å². The van der Waals surface area contributed by atoms with Crippen LogP contribution in [-0.2, 0) is 11.2 Å². The van der Waals surface area contributed by atoms with E-state index in [-0.39, 0.29) is 23.3 Å². The predicted octanol–water partition coefficient (Wildman–Crippen LogP) is 2.26. The van der Waals surface area contributed by atoms with Crippen LogP contribution in [0.5, 0.6) is 0 Å². The summed E-state index contributed by atoms with van der Waals surface area (Å²) in [6.07, 6.45) is 0.782. The van der Waals surface area contributed by atoms with Crippen molar-refractivity contribution in [2.24, 2.45) is 0 Å². The Balaban J connectivity index is 2.02. The van der Waals surface area contributed by atoms with Crippen molar-refractivity contribution < 1.29 is 14.7 Å². The van der Waals surface area contributed by atoms with Gasteiger partial charge >= 0.3 is 5.97 Å². The minimum atomic E-state index is -1.06. The number of nitrogens with two attached hydrogens (primary N) is 1. The summed E-state index contributed by atoms with van der Waals surface area (Å²) in [5, 5.41) is 9.07. The van der Waals surface area contributed by atoms with Crippen LogP contribution in [-0.4, -0.2) is 28.0 Å². The molecule has 1 aromatic heterocycles. The summed E-state index contributed by atoms with van der Waals surface area (Å²) in [4.78, 5) is 27.5. The molecular weight excluding hydrogens is 282 g/mol. The van der Waals surface area contributed by atoms with Gasteiger partial charge in [0.25, 0.3) is 0 Å². The molecule has 1 atom stereocenters. The number of benzene rings is 1. The molecule has 22 heavy (non-hydrogen) atoms. The Bertz CT molecular complexity index is 779. The Kier molecular flexibility index (Phi) is 3.16. The SMILES string of the molecule is CC(=O)N1c2ccc(-c3cc(C(=O)O)c(N)[nH]3)cc2CC1C. The Morgan fingerprint density at radius 2 is 2.09 bits per heavy atom. The number of aromatic nitrogens is 1. The third-order valence-corrected chi connectivity index (χ3v) is 4.02. The number of aromatic carboxylic acids is 1. The molecule has 6 heteroatoms. The monoisotopic (exact) mass is 299 g/mol. The summed E-state index contributed by atoms with van der Waals surface area (Å²) in [6.45, 7) is 3.57. The number of carbonyl (C=O) groups excluding carboxylic acids is 1. The second kappa shape index (κ2) is 4.91. The molecule has 0 radical (unpaired) electrons. The van der Waals surface area contributed by atoms with E-state index < -0.39 is 5.97 Å². The second-order valence-electron chi connectivity index (χ2n) is 5.60. The van der Waals surface area contributed by atoms with Crippen molar-refractivity contribution in [3.05, 3.63) is 35.4 Å². The van der Waals surface area contributed by atoms with E-state index in [0.717, 1.165) is 23.2 Å². The minimum Gasteiger partial charge on any atom is -0.478 e. The number of nitrogens with zero attached hydrogens (tertiary/aromatic N) is 1. The first-order chi connectivity index (χ1) is 10.4. The maximum atomic E-state index is 11.7. The van der Waals surface area contributed by atoms with Gasteiger partial charge < -0.3 is 20.7 Å². The number of anilines is 2. The highest BCUT2D eigenvalue weighted by Gasteiger charge is 2.29. The van der Waals surface area contributed by atoms with Crippen molar-refractivity contribution in [3.8, 4) is 11.3 Å². The van der Waals surface area contributed by atoms with E-state index >= 15 is 0 Å². The molecule has 2 aromatic rings. The van der Waals surface area contributed by atoms with Crippen molar-refractivity contribution in [2.75, 3.05) is 10.6 Å². The summed E-state index contributed by atoms with van der Waals surface area (Å²) in [5.41, 5.74) is 9.26. The zero-order valence-corrected chi connectivity index (χ0v) is 12.4. The smallest absolute Gasteiger partial charge is 0.339 e. The second-order valence-corrected chi connectivity index (χ2v) is 5.60. The van der Waals surface area contributed by atoms with Crippen LogP contribution >= 0.6 is 0 Å². The zero-order valence-electron chi connectivity index (χ0n) is 12.4. The molecule has 4 N–H and O–H groups in total. The molecule has 1 unspecified atom stereocenters. The highest BCUT2D eigenvalue weighted by molar-refractivity contribution is 5.96. The lowest BCUT2D eigenvalue weighted by atomic mass is 10.0. The first-order valence-electron chi connectivity index (χ1n) is 7.03. The first-order valence-corrected chi connectivity index (χ1v) is 7.03. The zero-order chi connectivity index (χ0) is 16.0. The van der Waals surface area contributed by atoms with Gasteiger partial charge in [-0.05, 0) is 42.7 Å². The normalized spacial score (nSPS) is 16.6. The number of carbonyl (C=O) groups is 2. The number of carboxylic acid groups (broad SMARTS) is 1. The molecule has 0 saturated carbocycles. The summed E-state index contributed by atoms with van der Waals surface area (Å²) in [5.74, 6) is -0.893. The van der Waals surface area contributed by atoms with Crippen molar-refractivity contribution >= 4 is 23.4 Å². The molecule has 0 bridgehead atoms. The number of nitrogens with one attached hydrogen (secondary N) is 1. The van der Waals surface area contributed by atoms with Gasteiger partial charge in [0.05, 0.1) is 0 Å². The lowest BCUT2D eigenvalue weighted by Gasteiger charge is -2.20. The van der Waals surface area contributed by atoms with Gasteiger partial charge in [0.2, 0.25) is 5.91 Å². The summed E-state index contributed by atoms with van der Waals surface area (Å²) < 4.78 is 0. The van der Waals surface area contributed by atoms with Gasteiger partial charge in [-0.1, -0.05) is 6.07 Å². The van der Waals surface area contributed by atoms with E-state index in [2.05, 4.69) is 4.98 Å². The average Bonchev–Trinajstić information content (AvgIpc) is 2.97. The van der Waals surface area contributed by atoms with Gasteiger partial charge in [-0.2, -0.15) is 0 Å². The standard InChI is InChI=1S/C16H17N3O3/c1-8-5-11-6-10(3-4-14(11)19(8)9(2)20)13-7-12(16(21)22)15(17)18-13/h3-4,6-8,18H,5,17H2,1-2H3,(H,21,22). The fraction of sp³-hybridized carbons (Fsp3) is 0.250. The highest BCUT2D eigenvalue weighted by atomic mass is 16.4. The lowest BCUT2D eigenvalue weighted by Crippen LogP contribution is -2.33. The van der Waals surface area contributed by atoms with Crippen LogP contribution in [0.4, 0.5) is 11.5 Å². The van der Waals surface area contributed by atoms with Crippen molar-refractivity contribution in [3.63, 3.8) is 0 Å². The molecule has 0 aliphatic carbocycles. The predicted molar refractivity (Wildman–Crippen MR) is 83.9 cm³/mol. The van der Waals surface area contributed by atoms with Crippen molar-refractivity contribution in [1.82, 2.24) is 4.98 Å². The summed E-state index contributed by atoms with van der Waals surface area (Å²) >= 11 is 0. The maximum absolute atomic E-state index is 11.7. The van der Waals surface area contributed by atoms with Crippen LogP contribution in [0.3, 0.4) is 0 Å². The molecule has 1 aliphatic heterocycles. The molecule has 3 rings (SSSR count). The van der Waals surface area contributed by atoms with E-state index in [0.29, 0.717) is 5.69 Å². The molecule has 1 aromatic carbocycles. The van der Waals surface area contributed by atoms with E-state index in [1.165, 1.54) is 6.07 Å². The Labute approximate surface area is 127 Å². The molecule has 2 heterocycles. The number of nitrogen functional groups attached to an aromatic ring is 1. The largest absolute Gasteiger partial charge is 0.478 e. The van der Waals surface area contributed by atoms with Gasteiger partial charge in [-0.3, -0.25) is 4.79 Å². The van der Waals surface area contributed by atoms with Crippen LogP contribution in [0.1, 0.15) is 29.8 Å². The van der Waals surface area contributed by atoms with Crippen LogP contribution in [0, 0.1) is 0 Å². The van der Waals surface area contributed by atoms with E-state index in [4.69, 9.17) is 10.8 Å². The molecule has 0 spiro atoms. The number of amides is 1. The van der Waals surface area contributed by atoms with Gasteiger partial charge in [0.1, 0.15) is 11.4 Å². The third kappa shape index (κ3) is 2.13. The number of hydrogen-bond donors (Lipinski definition) is 3. The van der Waals surface area contributed by atoms with Crippen LogP contribution < -0.4 is 10.6 Å². The fourth-order valence-electron chi connectivity index (χ4n) is 3.08. The average molecular weight is 299 g/mol. The maximum Gasteiger partial charge on any atom is 0.339 e. The van der Waals surface area contributed by atoms with Crippen LogP contribution in [0.2, 0.25) is 0 Å². The van der Waals surface area contributed by atoms with Gasteiger partial charge in [0.15, 0.2) is 0 Å². The van der Waals surface area contributed by atoms with Crippen molar-refractivity contribution in [2.45, 2.75) is 26.3 Å². The number of rotatable bonds is 2. The van der Waals surface area contributed by atoms with Gasteiger partial charge in [-0.15, -0.1) is 0 Å². The van der Waals surface area contributed by atoms with Crippen LogP contribution in [0.15, 0.2) is 24.3 Å². The minimum absolute atomic E-state index is 0.0243. The lowest BCUT2D eigenvalue weighted by molar-refractivity contribution is -0.116. The molecule has 1 aliphatic rings. The molecule has 0 fully saturated rings. The Morgan fingerprint density at radius 1 is 1.36 bits per heavy atom. The van der Waals surface area contributed by atoms with Crippen LogP contribution in [0.25, 0.3) is 11.3 Å². The first kappa shape index (κ1) is 14.2. The summed E-state index contributed by atoms with van der Waals surface area (Å²) in [7, 11) is 0. The van der Waals surface area contributed by atoms with Gasteiger partial charge in [-0.25, -0.2) is 4.79 Å². The molecule has 0 saturated heterocycles. The third-order valence-electron chi connectivity index (χ3n) is 4.02. The highest BCUT2D eigenvalue weighted by Crippen LogP contribution is 2.35. The van der Waals surface area contributed by atoms with Gasteiger partial charge in [0, 0.05) is 24.3 Å². The number of aromatic amines is 1. The molecule has 114 valence electrons. The molecular formula is C16H17N3O3. The number of H-pyrrole nitrogens is 1. The van der Waals surface area contributed by atoms with E-state index in [1.807, 2.05) is 25.1 Å². The quantitative estimate of drug-likeness (QED) is 0.792. The molecule has 1 amide bonds. The number of fused-ring (bicyclic) bond motifs is 1. The Morgan fingerprint density at radius 3 is 2.68 bits per heavy atom. The fourth-order valence-corrected chi connectivity index (χ4v) is 3.08. The molecule has 6 nitrogen and oxygen atoms in total.